The van der Waals surface area contributed by atoms with E-state index in [0.29, 0.717) is 16.9 Å². The summed E-state index contributed by atoms with van der Waals surface area (Å²) in [6.07, 6.45) is 3.28. The Hall–Kier alpha value is -3.58. The number of hydrogen-bond donors (Lipinski definition) is 3. The number of nitrogens with one attached hydrogen (secondary N) is 2. The van der Waals surface area contributed by atoms with Gasteiger partial charge in [-0.05, 0) is 35.9 Å². The molecule has 0 radical (unpaired) electrons. The summed E-state index contributed by atoms with van der Waals surface area (Å²) in [7, 11) is 0. The highest BCUT2D eigenvalue weighted by molar-refractivity contribution is 6.06. The summed E-state index contributed by atoms with van der Waals surface area (Å²) in [6, 6.07) is 16.0. The molecule has 7 nitrogen and oxygen atoms in total. The monoisotopic (exact) mass is 384 g/mol. The van der Waals surface area contributed by atoms with Gasteiger partial charge in [-0.3, -0.25) is 9.78 Å². The SMILES string of the molecule is NC(=O)c1cccc2c(N[C@@H]3CNC[C@@H]3c3ccc4ncccc4c3)ncnc12. The second-order valence-electron chi connectivity index (χ2n) is 7.26. The van der Waals surface area contributed by atoms with E-state index in [9.17, 15) is 4.79 Å². The third kappa shape index (κ3) is 3.15. The number of carbonyl (C=O) groups excluding carboxylic acids is 1. The minimum absolute atomic E-state index is 0.152. The van der Waals surface area contributed by atoms with Crippen molar-refractivity contribution in [2.45, 2.75) is 12.0 Å². The first-order valence-electron chi connectivity index (χ1n) is 9.56. The maximum absolute atomic E-state index is 11.7. The Labute approximate surface area is 167 Å². The van der Waals surface area contributed by atoms with Gasteiger partial charge >= 0.3 is 0 Å². The van der Waals surface area contributed by atoms with Crippen molar-refractivity contribution in [1.82, 2.24) is 20.3 Å². The second-order valence-corrected chi connectivity index (χ2v) is 7.26. The number of amides is 1. The minimum Gasteiger partial charge on any atom is -0.366 e. The fourth-order valence-electron chi connectivity index (χ4n) is 4.08. The molecule has 0 bridgehead atoms. The summed E-state index contributed by atoms with van der Waals surface area (Å²) in [5.74, 6) is 0.494. The summed E-state index contributed by atoms with van der Waals surface area (Å²) in [5, 5.41) is 8.96. The number of anilines is 1. The molecule has 0 unspecified atom stereocenters. The van der Waals surface area contributed by atoms with Crippen LogP contribution < -0.4 is 16.4 Å². The van der Waals surface area contributed by atoms with Crippen LogP contribution in [-0.2, 0) is 0 Å². The molecule has 1 aliphatic rings. The molecule has 2 atom stereocenters. The Morgan fingerprint density at radius 2 is 2.00 bits per heavy atom. The van der Waals surface area contributed by atoms with Crippen molar-refractivity contribution in [3.63, 3.8) is 0 Å². The second kappa shape index (κ2) is 7.10. The predicted molar refractivity (Wildman–Crippen MR) is 113 cm³/mol. The molecule has 1 saturated heterocycles. The Morgan fingerprint density at radius 3 is 2.90 bits per heavy atom. The number of hydrogen-bond acceptors (Lipinski definition) is 6. The Morgan fingerprint density at radius 1 is 1.07 bits per heavy atom. The lowest BCUT2D eigenvalue weighted by molar-refractivity contribution is 0.100. The number of benzene rings is 2. The number of carbonyl (C=O) groups is 1. The molecule has 1 amide bonds. The molecule has 144 valence electrons. The number of nitrogens with two attached hydrogens (primary N) is 1. The molecular weight excluding hydrogens is 364 g/mol. The van der Waals surface area contributed by atoms with Gasteiger partial charge in [-0.25, -0.2) is 9.97 Å². The molecule has 1 fully saturated rings. The van der Waals surface area contributed by atoms with E-state index in [1.165, 1.54) is 11.9 Å². The third-order valence-corrected chi connectivity index (χ3v) is 5.52. The van der Waals surface area contributed by atoms with Gasteiger partial charge in [-0.1, -0.05) is 18.2 Å². The van der Waals surface area contributed by atoms with Crippen molar-refractivity contribution < 1.29 is 4.79 Å². The molecular formula is C22H20N6O. The first kappa shape index (κ1) is 17.5. The molecule has 0 spiro atoms. The summed E-state index contributed by atoms with van der Waals surface area (Å²) >= 11 is 0. The molecule has 4 N–H and O–H groups in total. The lowest BCUT2D eigenvalue weighted by Crippen LogP contribution is -2.27. The lowest BCUT2D eigenvalue weighted by atomic mass is 9.93. The van der Waals surface area contributed by atoms with Crippen LogP contribution in [0, 0.1) is 0 Å². The highest BCUT2D eigenvalue weighted by atomic mass is 16.1. The quantitative estimate of drug-likeness (QED) is 0.499. The number of pyridine rings is 1. The van der Waals surface area contributed by atoms with E-state index in [1.807, 2.05) is 18.3 Å². The Bertz CT molecular complexity index is 1220. The van der Waals surface area contributed by atoms with E-state index in [0.717, 1.165) is 29.4 Å². The molecule has 2 aromatic heterocycles. The zero-order chi connectivity index (χ0) is 19.8. The van der Waals surface area contributed by atoms with Gasteiger partial charge in [-0.15, -0.1) is 0 Å². The first-order chi connectivity index (χ1) is 14.2. The van der Waals surface area contributed by atoms with E-state index in [1.54, 1.807) is 12.1 Å². The van der Waals surface area contributed by atoms with Crippen LogP contribution in [0.2, 0.25) is 0 Å². The van der Waals surface area contributed by atoms with Crippen molar-refractivity contribution in [2.75, 3.05) is 18.4 Å². The molecule has 2 aromatic carbocycles. The fraction of sp³-hybridized carbons (Fsp3) is 0.182. The number of primary amides is 1. The smallest absolute Gasteiger partial charge is 0.250 e. The van der Waals surface area contributed by atoms with Gasteiger partial charge in [0.25, 0.3) is 5.91 Å². The number of fused-ring (bicyclic) bond motifs is 2. The van der Waals surface area contributed by atoms with Crippen LogP contribution in [0.5, 0.6) is 0 Å². The maximum Gasteiger partial charge on any atom is 0.250 e. The molecule has 3 heterocycles. The van der Waals surface area contributed by atoms with Crippen molar-refractivity contribution in [1.29, 1.82) is 0 Å². The molecule has 1 aliphatic heterocycles. The molecule has 5 rings (SSSR count). The van der Waals surface area contributed by atoms with Gasteiger partial charge in [0.1, 0.15) is 12.1 Å². The number of rotatable bonds is 4. The standard InChI is InChI=1S/C22H20N6O/c23-21(29)15-4-1-5-16-20(15)26-12-27-22(16)28-19-11-24-10-17(19)13-6-7-18-14(9-13)3-2-8-25-18/h1-9,12,17,19,24H,10-11H2,(H2,23,29)(H,26,27,28)/t17-,19-/m1/s1. The molecule has 29 heavy (non-hydrogen) atoms. The third-order valence-electron chi connectivity index (χ3n) is 5.52. The number of aromatic nitrogens is 3. The summed E-state index contributed by atoms with van der Waals surface area (Å²) in [6.45, 7) is 1.69. The average molecular weight is 384 g/mol. The molecule has 0 saturated carbocycles. The maximum atomic E-state index is 11.7. The fourth-order valence-corrected chi connectivity index (χ4v) is 4.08. The highest BCUT2D eigenvalue weighted by Crippen LogP contribution is 2.30. The first-order valence-corrected chi connectivity index (χ1v) is 9.56. The Balaban J connectivity index is 1.49. The van der Waals surface area contributed by atoms with Crippen LogP contribution in [0.4, 0.5) is 5.82 Å². The van der Waals surface area contributed by atoms with Crippen LogP contribution >= 0.6 is 0 Å². The number of para-hydroxylation sites is 1. The van der Waals surface area contributed by atoms with E-state index in [-0.39, 0.29) is 12.0 Å². The molecule has 7 heteroatoms. The van der Waals surface area contributed by atoms with Gasteiger partial charge < -0.3 is 16.4 Å². The van der Waals surface area contributed by atoms with E-state index in [2.05, 4.69) is 49.9 Å². The normalized spacial score (nSPS) is 18.9. The predicted octanol–water partition coefficient (Wildman–Crippen LogP) is 2.44. The van der Waals surface area contributed by atoms with Crippen LogP contribution in [0.15, 0.2) is 61.1 Å². The van der Waals surface area contributed by atoms with E-state index >= 15 is 0 Å². The van der Waals surface area contributed by atoms with Crippen molar-refractivity contribution in [2.24, 2.45) is 5.73 Å². The van der Waals surface area contributed by atoms with Gasteiger partial charge in [0.05, 0.1) is 16.6 Å². The van der Waals surface area contributed by atoms with Crippen LogP contribution in [0.1, 0.15) is 21.8 Å². The van der Waals surface area contributed by atoms with Gasteiger partial charge in [0.15, 0.2) is 0 Å². The number of nitrogens with zero attached hydrogens (tertiary/aromatic N) is 3. The zero-order valence-electron chi connectivity index (χ0n) is 15.7. The minimum atomic E-state index is -0.495. The van der Waals surface area contributed by atoms with E-state index in [4.69, 9.17) is 5.73 Å². The highest BCUT2D eigenvalue weighted by Gasteiger charge is 2.29. The topological polar surface area (TPSA) is 106 Å². The Kier molecular flexibility index (Phi) is 4.29. The van der Waals surface area contributed by atoms with Gasteiger partial charge in [0.2, 0.25) is 0 Å². The van der Waals surface area contributed by atoms with E-state index < -0.39 is 5.91 Å². The van der Waals surface area contributed by atoms with Crippen LogP contribution in [0.3, 0.4) is 0 Å². The zero-order valence-corrected chi connectivity index (χ0v) is 15.7. The van der Waals surface area contributed by atoms with Crippen LogP contribution in [-0.4, -0.2) is 40.0 Å². The van der Waals surface area contributed by atoms with Crippen molar-refractivity contribution >= 4 is 33.5 Å². The summed E-state index contributed by atoms with van der Waals surface area (Å²) < 4.78 is 0. The molecule has 0 aliphatic carbocycles. The lowest BCUT2D eigenvalue weighted by Gasteiger charge is -2.22. The van der Waals surface area contributed by atoms with Gasteiger partial charge in [0, 0.05) is 42.0 Å². The van der Waals surface area contributed by atoms with Gasteiger partial charge in [-0.2, -0.15) is 0 Å². The summed E-state index contributed by atoms with van der Waals surface area (Å²) in [4.78, 5) is 24.9. The van der Waals surface area contributed by atoms with Crippen molar-refractivity contribution in [3.8, 4) is 0 Å². The molecule has 4 aromatic rings. The largest absolute Gasteiger partial charge is 0.366 e. The van der Waals surface area contributed by atoms with Crippen molar-refractivity contribution in [3.05, 3.63) is 72.2 Å². The van der Waals surface area contributed by atoms with Crippen LogP contribution in [0.25, 0.3) is 21.8 Å². The summed E-state index contributed by atoms with van der Waals surface area (Å²) in [5.41, 5.74) is 8.71. The average Bonchev–Trinajstić information content (AvgIpc) is 3.21.